The molecule has 30 heavy (non-hydrogen) atoms. The molecular weight excluding hydrogens is 418 g/mol. The van der Waals surface area contributed by atoms with Crippen LogP contribution in [-0.4, -0.2) is 24.4 Å². The summed E-state index contributed by atoms with van der Waals surface area (Å²) in [7, 11) is -1.88. The maximum atomic E-state index is 13.3. The molecule has 156 valence electrons. The highest BCUT2D eigenvalue weighted by atomic mass is 35.5. The van der Waals surface area contributed by atoms with E-state index in [2.05, 4.69) is 47.6 Å². The molecule has 0 saturated heterocycles. The number of hydrogen-bond donors (Lipinski definition) is 1. The largest absolute Gasteiger partial charge is 0.316 e. The van der Waals surface area contributed by atoms with E-state index in [1.807, 2.05) is 19.2 Å². The van der Waals surface area contributed by atoms with Crippen LogP contribution in [0.1, 0.15) is 22.3 Å². The number of nitrogens with one attached hydrogen (secondary N) is 1. The number of pyridine rings is 1. The van der Waals surface area contributed by atoms with Gasteiger partial charge in [0, 0.05) is 30.5 Å². The van der Waals surface area contributed by atoms with E-state index < -0.39 is 10.0 Å². The van der Waals surface area contributed by atoms with Crippen molar-refractivity contribution in [3.05, 3.63) is 95.4 Å². The van der Waals surface area contributed by atoms with Crippen LogP contribution in [0.4, 0.5) is 0 Å². The summed E-state index contributed by atoms with van der Waals surface area (Å²) in [5.41, 5.74) is 5.11. The SMILES string of the molecule is CNCc1cn(S(=O)(=O)c2cccnc2)c2cc(Cc3ccc(C)cc3)ccc12.Cl. The van der Waals surface area contributed by atoms with Crippen LogP contribution in [0.3, 0.4) is 0 Å². The van der Waals surface area contributed by atoms with Gasteiger partial charge in [-0.3, -0.25) is 4.98 Å². The standard InChI is InChI=1S/C23H23N3O2S.ClH/c1-17-5-7-18(8-6-17)12-19-9-10-22-20(14-24-2)16-26(23(22)13-19)29(27,28)21-4-3-11-25-15-21;/h3-11,13,15-16,24H,12,14H2,1-2H3;1H. The second kappa shape index (κ2) is 9.00. The minimum atomic E-state index is -3.73. The molecule has 0 aliphatic rings. The predicted octanol–water partition coefficient (Wildman–Crippen LogP) is 4.31. The number of benzene rings is 2. The van der Waals surface area contributed by atoms with Gasteiger partial charge in [-0.1, -0.05) is 42.0 Å². The zero-order valence-electron chi connectivity index (χ0n) is 16.9. The van der Waals surface area contributed by atoms with Crippen molar-refractivity contribution in [2.45, 2.75) is 24.8 Å². The van der Waals surface area contributed by atoms with E-state index in [-0.39, 0.29) is 17.3 Å². The highest BCUT2D eigenvalue weighted by Gasteiger charge is 2.21. The Hall–Kier alpha value is -2.67. The van der Waals surface area contributed by atoms with E-state index in [4.69, 9.17) is 0 Å². The molecule has 0 aliphatic heterocycles. The van der Waals surface area contributed by atoms with Crippen molar-refractivity contribution in [1.29, 1.82) is 0 Å². The van der Waals surface area contributed by atoms with E-state index in [0.717, 1.165) is 22.9 Å². The van der Waals surface area contributed by atoms with E-state index in [9.17, 15) is 8.42 Å². The first kappa shape index (κ1) is 22.0. The molecule has 2 aromatic carbocycles. The predicted molar refractivity (Wildman–Crippen MR) is 123 cm³/mol. The second-order valence-electron chi connectivity index (χ2n) is 7.19. The molecule has 0 spiro atoms. The Bertz CT molecular complexity index is 1250. The first-order valence-corrected chi connectivity index (χ1v) is 10.9. The Morgan fingerprint density at radius 1 is 1.03 bits per heavy atom. The van der Waals surface area contributed by atoms with E-state index in [1.165, 1.54) is 21.3 Å². The van der Waals surface area contributed by atoms with Crippen LogP contribution in [0.15, 0.2) is 78.1 Å². The Morgan fingerprint density at radius 3 is 2.43 bits per heavy atom. The minimum absolute atomic E-state index is 0. The lowest BCUT2D eigenvalue weighted by Crippen LogP contribution is -2.12. The molecule has 7 heteroatoms. The second-order valence-corrected chi connectivity index (χ2v) is 9.00. The first-order chi connectivity index (χ1) is 14.0. The minimum Gasteiger partial charge on any atom is -0.316 e. The first-order valence-electron chi connectivity index (χ1n) is 9.47. The van der Waals surface area contributed by atoms with Crippen LogP contribution in [0.25, 0.3) is 10.9 Å². The lowest BCUT2D eigenvalue weighted by atomic mass is 10.0. The highest BCUT2D eigenvalue weighted by molar-refractivity contribution is 7.90. The molecule has 2 heterocycles. The molecule has 0 saturated carbocycles. The summed E-state index contributed by atoms with van der Waals surface area (Å²) in [4.78, 5) is 4.15. The fourth-order valence-corrected chi connectivity index (χ4v) is 4.85. The lowest BCUT2D eigenvalue weighted by molar-refractivity contribution is 0.588. The zero-order valence-corrected chi connectivity index (χ0v) is 18.5. The Labute approximate surface area is 183 Å². The molecule has 0 aliphatic carbocycles. The molecule has 1 N–H and O–H groups in total. The molecule has 0 fully saturated rings. The highest BCUT2D eigenvalue weighted by Crippen LogP contribution is 2.27. The number of halogens is 1. The molecule has 5 nitrogen and oxygen atoms in total. The number of hydrogen-bond acceptors (Lipinski definition) is 4. The van der Waals surface area contributed by atoms with E-state index in [1.54, 1.807) is 24.5 Å². The number of aromatic nitrogens is 2. The van der Waals surface area contributed by atoms with Gasteiger partial charge in [0.2, 0.25) is 0 Å². The van der Waals surface area contributed by atoms with Gasteiger partial charge in [0.05, 0.1) is 5.52 Å². The van der Waals surface area contributed by atoms with Crippen LogP contribution in [0.5, 0.6) is 0 Å². The maximum absolute atomic E-state index is 13.3. The van der Waals surface area contributed by atoms with Crippen LogP contribution in [-0.2, 0) is 23.0 Å². The van der Waals surface area contributed by atoms with E-state index >= 15 is 0 Å². The van der Waals surface area contributed by atoms with Crippen molar-refractivity contribution in [2.24, 2.45) is 0 Å². The molecular formula is C23H24ClN3O2S. The molecule has 4 rings (SSSR count). The van der Waals surface area contributed by atoms with Crippen molar-refractivity contribution < 1.29 is 8.42 Å². The molecule has 0 radical (unpaired) electrons. The fraction of sp³-hybridized carbons (Fsp3) is 0.174. The van der Waals surface area contributed by atoms with Crippen molar-refractivity contribution in [2.75, 3.05) is 7.05 Å². The number of rotatable bonds is 6. The maximum Gasteiger partial charge on any atom is 0.269 e. The average Bonchev–Trinajstić information content (AvgIpc) is 3.09. The quantitative estimate of drug-likeness (QED) is 0.484. The Balaban J connectivity index is 0.00000256. The van der Waals surface area contributed by atoms with Gasteiger partial charge >= 0.3 is 0 Å². The Morgan fingerprint density at radius 2 is 1.77 bits per heavy atom. The summed E-state index contributed by atoms with van der Waals surface area (Å²) in [6.07, 6.45) is 5.41. The number of fused-ring (bicyclic) bond motifs is 1. The van der Waals surface area contributed by atoms with Gasteiger partial charge in [-0.15, -0.1) is 12.4 Å². The molecule has 2 aromatic heterocycles. The van der Waals surface area contributed by atoms with Crippen LogP contribution >= 0.6 is 12.4 Å². The van der Waals surface area contributed by atoms with Gasteiger partial charge in [0.25, 0.3) is 10.0 Å². The van der Waals surface area contributed by atoms with Gasteiger partial charge in [0.15, 0.2) is 0 Å². The third kappa shape index (κ3) is 4.26. The third-order valence-corrected chi connectivity index (χ3v) is 6.66. The van der Waals surface area contributed by atoms with E-state index in [0.29, 0.717) is 12.1 Å². The van der Waals surface area contributed by atoms with Crippen molar-refractivity contribution in [1.82, 2.24) is 14.3 Å². The number of nitrogens with zero attached hydrogens (tertiary/aromatic N) is 2. The summed E-state index contributed by atoms with van der Waals surface area (Å²) < 4.78 is 27.9. The van der Waals surface area contributed by atoms with Gasteiger partial charge in [-0.2, -0.15) is 0 Å². The van der Waals surface area contributed by atoms with Crippen LogP contribution in [0, 0.1) is 6.92 Å². The summed E-state index contributed by atoms with van der Waals surface area (Å²) >= 11 is 0. The molecule has 0 unspecified atom stereocenters. The number of aryl methyl sites for hydroxylation is 1. The molecule has 0 bridgehead atoms. The summed E-state index contributed by atoms with van der Waals surface area (Å²) in [6.45, 7) is 2.65. The van der Waals surface area contributed by atoms with Gasteiger partial charge in [-0.25, -0.2) is 12.4 Å². The molecule has 0 atom stereocenters. The third-order valence-electron chi connectivity index (χ3n) is 5.01. The fourth-order valence-electron chi connectivity index (χ4n) is 3.51. The smallest absolute Gasteiger partial charge is 0.269 e. The summed E-state index contributed by atoms with van der Waals surface area (Å²) in [5, 5.41) is 4.05. The monoisotopic (exact) mass is 441 g/mol. The van der Waals surface area contributed by atoms with Crippen molar-refractivity contribution in [3.63, 3.8) is 0 Å². The zero-order chi connectivity index (χ0) is 20.4. The van der Waals surface area contributed by atoms with Crippen molar-refractivity contribution in [3.8, 4) is 0 Å². The molecule has 4 aromatic rings. The van der Waals surface area contributed by atoms with Gasteiger partial charge < -0.3 is 5.32 Å². The van der Waals surface area contributed by atoms with Crippen LogP contribution in [0.2, 0.25) is 0 Å². The summed E-state index contributed by atoms with van der Waals surface area (Å²) in [5.74, 6) is 0. The van der Waals surface area contributed by atoms with Crippen LogP contribution < -0.4 is 5.32 Å². The van der Waals surface area contributed by atoms with Gasteiger partial charge in [0.1, 0.15) is 4.90 Å². The average molecular weight is 442 g/mol. The Kier molecular flexibility index (Phi) is 6.61. The molecule has 0 amide bonds. The normalized spacial score (nSPS) is 11.4. The lowest BCUT2D eigenvalue weighted by Gasteiger charge is -2.09. The topological polar surface area (TPSA) is 64.0 Å². The van der Waals surface area contributed by atoms with Crippen molar-refractivity contribution >= 4 is 33.3 Å². The van der Waals surface area contributed by atoms with Gasteiger partial charge in [-0.05, 0) is 55.3 Å². The summed E-state index contributed by atoms with van der Waals surface area (Å²) in [6, 6.07) is 17.7.